The Morgan fingerprint density at radius 3 is 2.55 bits per heavy atom. The molecule has 0 aliphatic rings. The summed E-state index contributed by atoms with van der Waals surface area (Å²) in [5, 5.41) is 9.75. The summed E-state index contributed by atoms with van der Waals surface area (Å²) in [6.45, 7) is 4.83. The third-order valence-electron chi connectivity index (χ3n) is 2.23. The summed E-state index contributed by atoms with van der Waals surface area (Å²) in [4.78, 5) is 0. The van der Waals surface area contributed by atoms with E-state index < -0.39 is 5.60 Å². The molecule has 0 heterocycles. The van der Waals surface area contributed by atoms with Gasteiger partial charge in [0.25, 0.3) is 0 Å². The molecule has 0 aliphatic heterocycles. The fraction of sp³-hybridized carbons (Fsp3) is 1.00. The average Bonchev–Trinajstić information content (AvgIpc) is 1.99. The van der Waals surface area contributed by atoms with Crippen LogP contribution in [0.1, 0.15) is 20.3 Å². The number of hydrogen-bond donors (Lipinski definition) is 2. The van der Waals surface area contributed by atoms with Crippen LogP contribution in [0.5, 0.6) is 0 Å². The van der Waals surface area contributed by atoms with Crippen LogP contribution in [0.2, 0.25) is 0 Å². The van der Waals surface area contributed by atoms with Gasteiger partial charge in [-0.15, -0.1) is 0 Å². The Hall–Kier alpha value is -0.120. The van der Waals surface area contributed by atoms with E-state index in [4.69, 9.17) is 10.5 Å². The Morgan fingerprint density at radius 2 is 2.18 bits per heavy atom. The molecule has 0 aromatic rings. The Bertz CT molecular complexity index is 104. The van der Waals surface area contributed by atoms with Crippen molar-refractivity contribution < 1.29 is 9.84 Å². The molecule has 2 atom stereocenters. The van der Waals surface area contributed by atoms with E-state index in [-0.39, 0.29) is 5.92 Å². The molecule has 0 saturated carbocycles. The van der Waals surface area contributed by atoms with Gasteiger partial charge in [0.15, 0.2) is 0 Å². The van der Waals surface area contributed by atoms with Crippen molar-refractivity contribution in [3.05, 3.63) is 0 Å². The average molecular weight is 161 g/mol. The third kappa shape index (κ3) is 3.70. The maximum atomic E-state index is 9.75. The van der Waals surface area contributed by atoms with Gasteiger partial charge in [-0.25, -0.2) is 0 Å². The Morgan fingerprint density at radius 1 is 1.64 bits per heavy atom. The van der Waals surface area contributed by atoms with Crippen molar-refractivity contribution in [2.75, 3.05) is 20.3 Å². The van der Waals surface area contributed by atoms with Gasteiger partial charge in [-0.3, -0.25) is 0 Å². The Labute approximate surface area is 68.5 Å². The van der Waals surface area contributed by atoms with Crippen LogP contribution in [0.25, 0.3) is 0 Å². The predicted molar refractivity (Wildman–Crippen MR) is 45.3 cm³/mol. The van der Waals surface area contributed by atoms with Crippen LogP contribution in [0.3, 0.4) is 0 Å². The van der Waals surface area contributed by atoms with Crippen molar-refractivity contribution in [2.24, 2.45) is 11.7 Å². The molecular formula is C8H19NO2. The van der Waals surface area contributed by atoms with Gasteiger partial charge in [0.05, 0.1) is 5.60 Å². The zero-order valence-electron chi connectivity index (χ0n) is 7.63. The highest BCUT2D eigenvalue weighted by atomic mass is 16.5. The van der Waals surface area contributed by atoms with E-state index in [2.05, 4.69) is 0 Å². The molecule has 0 amide bonds. The molecule has 11 heavy (non-hydrogen) atoms. The molecule has 0 rings (SSSR count). The summed E-state index contributed by atoms with van der Waals surface area (Å²) in [6, 6.07) is 0. The van der Waals surface area contributed by atoms with E-state index in [0.29, 0.717) is 19.6 Å². The standard InChI is InChI=1S/C8H19NO2/c1-7(6-9)8(2,10)4-5-11-3/h7,10H,4-6,9H2,1-3H3. The van der Waals surface area contributed by atoms with Crippen LogP contribution in [0.15, 0.2) is 0 Å². The number of ether oxygens (including phenoxy) is 1. The first-order chi connectivity index (χ1) is 5.04. The van der Waals surface area contributed by atoms with Crippen molar-refractivity contribution in [2.45, 2.75) is 25.9 Å². The van der Waals surface area contributed by atoms with Crippen molar-refractivity contribution in [3.63, 3.8) is 0 Å². The number of methoxy groups -OCH3 is 1. The van der Waals surface area contributed by atoms with Crippen LogP contribution in [0, 0.1) is 5.92 Å². The summed E-state index contributed by atoms with van der Waals surface area (Å²) in [6.07, 6.45) is 0.641. The normalized spacial score (nSPS) is 19.4. The van der Waals surface area contributed by atoms with E-state index >= 15 is 0 Å². The quantitative estimate of drug-likeness (QED) is 0.612. The first-order valence-corrected chi connectivity index (χ1v) is 3.96. The van der Waals surface area contributed by atoms with E-state index in [9.17, 15) is 5.11 Å². The third-order valence-corrected chi connectivity index (χ3v) is 2.23. The maximum Gasteiger partial charge on any atom is 0.0679 e. The Balaban J connectivity index is 3.77. The van der Waals surface area contributed by atoms with Crippen molar-refractivity contribution in [3.8, 4) is 0 Å². The second-order valence-electron chi connectivity index (χ2n) is 3.24. The van der Waals surface area contributed by atoms with Crippen LogP contribution in [0.4, 0.5) is 0 Å². The molecule has 2 unspecified atom stereocenters. The first kappa shape index (κ1) is 10.9. The number of nitrogens with two attached hydrogens (primary N) is 1. The van der Waals surface area contributed by atoms with Gasteiger partial charge in [-0.05, 0) is 25.8 Å². The minimum absolute atomic E-state index is 0.123. The maximum absolute atomic E-state index is 9.75. The molecule has 0 radical (unpaired) electrons. The van der Waals surface area contributed by atoms with E-state index in [0.717, 1.165) is 0 Å². The summed E-state index contributed by atoms with van der Waals surface area (Å²) in [5.74, 6) is 0.123. The molecule has 3 heteroatoms. The monoisotopic (exact) mass is 161 g/mol. The van der Waals surface area contributed by atoms with E-state index in [1.807, 2.05) is 6.92 Å². The molecule has 68 valence electrons. The van der Waals surface area contributed by atoms with Gasteiger partial charge in [0, 0.05) is 13.7 Å². The highest BCUT2D eigenvalue weighted by Gasteiger charge is 2.26. The zero-order valence-corrected chi connectivity index (χ0v) is 7.63. The molecule has 0 bridgehead atoms. The molecule has 0 spiro atoms. The zero-order chi connectivity index (χ0) is 8.91. The fourth-order valence-electron chi connectivity index (χ4n) is 0.809. The van der Waals surface area contributed by atoms with Crippen LogP contribution in [-0.2, 0) is 4.74 Å². The van der Waals surface area contributed by atoms with Gasteiger partial charge in [-0.1, -0.05) is 6.92 Å². The highest BCUT2D eigenvalue weighted by Crippen LogP contribution is 2.19. The smallest absolute Gasteiger partial charge is 0.0679 e. The largest absolute Gasteiger partial charge is 0.390 e. The lowest BCUT2D eigenvalue weighted by molar-refractivity contribution is -0.0169. The SMILES string of the molecule is COCCC(C)(O)C(C)CN. The van der Waals surface area contributed by atoms with Crippen LogP contribution in [-0.4, -0.2) is 31.0 Å². The van der Waals surface area contributed by atoms with Crippen LogP contribution < -0.4 is 5.73 Å². The summed E-state index contributed by atoms with van der Waals surface area (Å²) >= 11 is 0. The second kappa shape index (κ2) is 4.70. The molecule has 0 aromatic heterocycles. The number of aliphatic hydroxyl groups is 1. The van der Waals surface area contributed by atoms with E-state index in [1.54, 1.807) is 14.0 Å². The molecule has 0 fully saturated rings. The molecule has 3 N–H and O–H groups in total. The summed E-state index contributed by atoms with van der Waals surface area (Å²) in [5.41, 5.74) is 4.74. The topological polar surface area (TPSA) is 55.5 Å². The highest BCUT2D eigenvalue weighted by molar-refractivity contribution is 4.79. The lowest BCUT2D eigenvalue weighted by Gasteiger charge is -2.28. The second-order valence-corrected chi connectivity index (χ2v) is 3.24. The molecule has 3 nitrogen and oxygen atoms in total. The predicted octanol–water partition coefficient (Wildman–Crippen LogP) is 0.369. The van der Waals surface area contributed by atoms with Gasteiger partial charge >= 0.3 is 0 Å². The van der Waals surface area contributed by atoms with Gasteiger partial charge < -0.3 is 15.6 Å². The summed E-state index contributed by atoms with van der Waals surface area (Å²) < 4.78 is 4.87. The van der Waals surface area contributed by atoms with Gasteiger partial charge in [-0.2, -0.15) is 0 Å². The van der Waals surface area contributed by atoms with Crippen molar-refractivity contribution >= 4 is 0 Å². The molecule has 0 saturated heterocycles. The van der Waals surface area contributed by atoms with Gasteiger partial charge in [0.2, 0.25) is 0 Å². The molecule has 0 aromatic carbocycles. The van der Waals surface area contributed by atoms with E-state index in [1.165, 1.54) is 0 Å². The first-order valence-electron chi connectivity index (χ1n) is 3.96. The minimum atomic E-state index is -0.690. The number of rotatable bonds is 5. The lowest BCUT2D eigenvalue weighted by atomic mass is 9.88. The van der Waals surface area contributed by atoms with Gasteiger partial charge in [0.1, 0.15) is 0 Å². The molecular weight excluding hydrogens is 142 g/mol. The minimum Gasteiger partial charge on any atom is -0.390 e. The van der Waals surface area contributed by atoms with Crippen molar-refractivity contribution in [1.29, 1.82) is 0 Å². The molecule has 0 aliphatic carbocycles. The van der Waals surface area contributed by atoms with Crippen LogP contribution >= 0.6 is 0 Å². The summed E-state index contributed by atoms with van der Waals surface area (Å²) in [7, 11) is 1.63. The Kier molecular flexibility index (Phi) is 4.65. The number of hydrogen-bond acceptors (Lipinski definition) is 3. The fourth-order valence-corrected chi connectivity index (χ4v) is 0.809. The lowest BCUT2D eigenvalue weighted by Crippen LogP contribution is -2.38. The van der Waals surface area contributed by atoms with Crippen molar-refractivity contribution in [1.82, 2.24) is 0 Å².